The molecule has 0 saturated carbocycles. The molecule has 1 atom stereocenters. The van der Waals surface area contributed by atoms with Crippen molar-refractivity contribution in [1.29, 1.82) is 0 Å². The lowest BCUT2D eigenvalue weighted by molar-refractivity contribution is -0.137. The maximum absolute atomic E-state index is 12.4. The van der Waals surface area contributed by atoms with Gasteiger partial charge in [-0.05, 0) is 29.7 Å². The van der Waals surface area contributed by atoms with Crippen molar-refractivity contribution in [1.82, 2.24) is 0 Å². The highest BCUT2D eigenvalue weighted by Gasteiger charge is 2.32. The minimum Gasteiger partial charge on any atom is -0.166 e. The van der Waals surface area contributed by atoms with E-state index in [1.165, 1.54) is 6.07 Å². The predicted octanol–water partition coefficient (Wildman–Crippen LogP) is 3.91. The topological polar surface area (TPSA) is 0 Å². The Hall–Kier alpha value is -0.640. The molecule has 2 rings (SSSR count). The minimum atomic E-state index is -4.22. The molecule has 0 aliphatic carbocycles. The summed E-state index contributed by atoms with van der Waals surface area (Å²) in [5.74, 6) is 1.12. The van der Waals surface area contributed by atoms with Gasteiger partial charge in [-0.15, -0.1) is 11.8 Å². The number of benzene rings is 1. The first-order valence-corrected chi connectivity index (χ1v) is 5.31. The van der Waals surface area contributed by atoms with E-state index in [1.807, 2.05) is 6.92 Å². The molecule has 0 saturated heterocycles. The van der Waals surface area contributed by atoms with Crippen molar-refractivity contribution >= 4 is 11.8 Å². The molecule has 0 fully saturated rings. The third-order valence-electron chi connectivity index (χ3n) is 2.36. The molecule has 1 aliphatic rings. The van der Waals surface area contributed by atoms with Gasteiger partial charge in [-0.2, -0.15) is 13.2 Å². The van der Waals surface area contributed by atoms with E-state index in [-0.39, 0.29) is 5.92 Å². The van der Waals surface area contributed by atoms with E-state index in [9.17, 15) is 13.2 Å². The summed E-state index contributed by atoms with van der Waals surface area (Å²) in [4.78, 5) is 0.991. The summed E-state index contributed by atoms with van der Waals surface area (Å²) >= 11 is 1.63. The second kappa shape index (κ2) is 3.19. The van der Waals surface area contributed by atoms with Crippen molar-refractivity contribution in [2.45, 2.75) is 23.9 Å². The zero-order valence-electron chi connectivity index (χ0n) is 7.56. The fourth-order valence-corrected chi connectivity index (χ4v) is 2.75. The number of thioether (sulfide) groups is 1. The van der Waals surface area contributed by atoms with Gasteiger partial charge < -0.3 is 0 Å². The summed E-state index contributed by atoms with van der Waals surface area (Å²) in [7, 11) is 0. The molecule has 4 heteroatoms. The molecular weight excluding hydrogens is 209 g/mol. The van der Waals surface area contributed by atoms with Gasteiger partial charge in [0.05, 0.1) is 5.56 Å². The zero-order valence-corrected chi connectivity index (χ0v) is 8.38. The molecule has 14 heavy (non-hydrogen) atoms. The number of hydrogen-bond acceptors (Lipinski definition) is 1. The number of halogens is 3. The number of fused-ring (bicyclic) bond motifs is 1. The lowest BCUT2D eigenvalue weighted by Gasteiger charge is -2.09. The van der Waals surface area contributed by atoms with Crippen LogP contribution >= 0.6 is 11.8 Å². The molecule has 0 amide bonds. The van der Waals surface area contributed by atoms with Crippen molar-refractivity contribution in [3.05, 3.63) is 29.3 Å². The Balaban J connectivity index is 2.45. The van der Waals surface area contributed by atoms with Crippen LogP contribution < -0.4 is 0 Å². The summed E-state index contributed by atoms with van der Waals surface area (Å²) < 4.78 is 37.1. The fraction of sp³-hybridized carbons (Fsp3) is 0.400. The van der Waals surface area contributed by atoms with Crippen LogP contribution in [0.3, 0.4) is 0 Å². The molecule has 1 aromatic carbocycles. The number of hydrogen-bond donors (Lipinski definition) is 0. The van der Waals surface area contributed by atoms with Crippen LogP contribution in [0, 0.1) is 0 Å². The SMILES string of the molecule is CC1CSc2ccc(C(F)(F)F)cc21. The first-order valence-electron chi connectivity index (χ1n) is 4.32. The normalized spacial score (nSPS) is 21.0. The average Bonchev–Trinajstić information content (AvgIpc) is 2.46. The van der Waals surface area contributed by atoms with E-state index in [0.29, 0.717) is 0 Å². The van der Waals surface area contributed by atoms with Crippen LogP contribution in [0.15, 0.2) is 23.1 Å². The van der Waals surface area contributed by atoms with Gasteiger partial charge in [0.15, 0.2) is 0 Å². The lowest BCUT2D eigenvalue weighted by Crippen LogP contribution is -2.05. The van der Waals surface area contributed by atoms with E-state index < -0.39 is 11.7 Å². The predicted molar refractivity (Wildman–Crippen MR) is 50.6 cm³/mol. The van der Waals surface area contributed by atoms with Gasteiger partial charge in [-0.1, -0.05) is 6.92 Å². The smallest absolute Gasteiger partial charge is 0.166 e. The molecule has 0 aromatic heterocycles. The third-order valence-corrected chi connectivity index (χ3v) is 3.71. The summed E-state index contributed by atoms with van der Waals surface area (Å²) in [5.41, 5.74) is 0.301. The number of rotatable bonds is 0. The first-order chi connectivity index (χ1) is 6.48. The quantitative estimate of drug-likeness (QED) is 0.636. The summed E-state index contributed by atoms with van der Waals surface area (Å²) in [6.45, 7) is 1.96. The zero-order chi connectivity index (χ0) is 10.3. The molecule has 1 unspecified atom stereocenters. The van der Waals surface area contributed by atoms with Gasteiger partial charge in [0.25, 0.3) is 0 Å². The molecule has 0 bridgehead atoms. The maximum Gasteiger partial charge on any atom is 0.416 e. The van der Waals surface area contributed by atoms with Gasteiger partial charge in [-0.3, -0.25) is 0 Å². The van der Waals surface area contributed by atoms with Crippen LogP contribution in [0.5, 0.6) is 0 Å². The molecule has 1 heterocycles. The summed E-state index contributed by atoms with van der Waals surface area (Å²) in [5, 5.41) is 0. The highest BCUT2D eigenvalue weighted by atomic mass is 32.2. The van der Waals surface area contributed by atoms with Crippen LogP contribution in [0.25, 0.3) is 0 Å². The van der Waals surface area contributed by atoms with Gasteiger partial charge in [-0.25, -0.2) is 0 Å². The molecule has 1 aromatic rings. The Morgan fingerprint density at radius 1 is 1.36 bits per heavy atom. The van der Waals surface area contributed by atoms with Gasteiger partial charge in [0.1, 0.15) is 0 Å². The number of alkyl halides is 3. The Kier molecular flexibility index (Phi) is 2.26. The summed E-state index contributed by atoms with van der Waals surface area (Å²) in [6.07, 6.45) is -4.22. The van der Waals surface area contributed by atoms with Crippen LogP contribution in [-0.4, -0.2) is 5.75 Å². The van der Waals surface area contributed by atoms with Crippen LogP contribution in [0.2, 0.25) is 0 Å². The van der Waals surface area contributed by atoms with Crippen molar-refractivity contribution in [2.75, 3.05) is 5.75 Å². The lowest BCUT2D eigenvalue weighted by atomic mass is 10.0. The van der Waals surface area contributed by atoms with E-state index in [2.05, 4.69) is 0 Å². The molecule has 76 valence electrons. The second-order valence-corrected chi connectivity index (χ2v) is 4.52. The van der Waals surface area contributed by atoms with Crippen LogP contribution in [-0.2, 0) is 6.18 Å². The Labute approximate surface area is 84.5 Å². The highest BCUT2D eigenvalue weighted by molar-refractivity contribution is 7.99. The molecular formula is C10H9F3S. The molecule has 1 aliphatic heterocycles. The second-order valence-electron chi connectivity index (χ2n) is 3.46. The molecule has 0 N–H and O–H groups in total. The van der Waals surface area contributed by atoms with E-state index in [4.69, 9.17) is 0 Å². The van der Waals surface area contributed by atoms with Gasteiger partial charge >= 0.3 is 6.18 Å². The maximum atomic E-state index is 12.4. The minimum absolute atomic E-state index is 0.234. The van der Waals surface area contributed by atoms with Crippen LogP contribution in [0.4, 0.5) is 13.2 Å². The van der Waals surface area contributed by atoms with E-state index in [0.717, 1.165) is 22.3 Å². The monoisotopic (exact) mass is 218 g/mol. The van der Waals surface area contributed by atoms with Gasteiger partial charge in [0, 0.05) is 10.6 Å². The van der Waals surface area contributed by atoms with Crippen molar-refractivity contribution in [3.8, 4) is 0 Å². The van der Waals surface area contributed by atoms with Crippen LogP contribution in [0.1, 0.15) is 24.0 Å². The largest absolute Gasteiger partial charge is 0.416 e. The van der Waals surface area contributed by atoms with E-state index in [1.54, 1.807) is 17.8 Å². The van der Waals surface area contributed by atoms with E-state index >= 15 is 0 Å². The third kappa shape index (κ3) is 1.63. The Morgan fingerprint density at radius 2 is 2.07 bits per heavy atom. The Bertz CT molecular complexity index is 357. The average molecular weight is 218 g/mol. The summed E-state index contributed by atoms with van der Waals surface area (Å²) in [6, 6.07) is 4.01. The molecule has 0 nitrogen and oxygen atoms in total. The first kappa shape index (κ1) is 9.90. The fourth-order valence-electron chi connectivity index (χ4n) is 1.55. The van der Waals surface area contributed by atoms with Crippen molar-refractivity contribution < 1.29 is 13.2 Å². The molecule has 0 spiro atoms. The van der Waals surface area contributed by atoms with Crippen molar-refractivity contribution in [3.63, 3.8) is 0 Å². The molecule has 0 radical (unpaired) electrons. The standard InChI is InChI=1S/C10H9F3S/c1-6-5-14-9-3-2-7(4-8(6)9)10(11,12)13/h2-4,6H,5H2,1H3. The highest BCUT2D eigenvalue weighted by Crippen LogP contribution is 2.42. The van der Waals surface area contributed by atoms with Crippen molar-refractivity contribution in [2.24, 2.45) is 0 Å². The van der Waals surface area contributed by atoms with Gasteiger partial charge in [0.2, 0.25) is 0 Å². The Morgan fingerprint density at radius 3 is 2.71 bits per heavy atom.